The Morgan fingerprint density at radius 3 is 2.50 bits per heavy atom. The van der Waals surface area contributed by atoms with Gasteiger partial charge in [0.15, 0.2) is 0 Å². The molecule has 0 atom stereocenters. The SMILES string of the molecule is O=C(Cc1ccccc1)NC(=O)c1ccnnc1. The number of nitrogens with zero attached hydrogens (tertiary/aromatic N) is 2. The van der Waals surface area contributed by atoms with Crippen LogP contribution in [0.25, 0.3) is 0 Å². The van der Waals surface area contributed by atoms with E-state index in [0.29, 0.717) is 5.56 Å². The van der Waals surface area contributed by atoms with Crippen LogP contribution >= 0.6 is 0 Å². The minimum atomic E-state index is -0.467. The quantitative estimate of drug-likeness (QED) is 0.869. The van der Waals surface area contributed by atoms with E-state index in [-0.39, 0.29) is 12.3 Å². The van der Waals surface area contributed by atoms with Crippen molar-refractivity contribution in [1.29, 1.82) is 0 Å². The average molecular weight is 241 g/mol. The molecule has 0 fully saturated rings. The predicted molar refractivity (Wildman–Crippen MR) is 64.7 cm³/mol. The van der Waals surface area contributed by atoms with Crippen molar-refractivity contribution in [3.8, 4) is 0 Å². The third-order valence-corrected chi connectivity index (χ3v) is 2.31. The summed E-state index contributed by atoms with van der Waals surface area (Å²) in [7, 11) is 0. The minimum absolute atomic E-state index is 0.172. The molecule has 0 aliphatic carbocycles. The highest BCUT2D eigenvalue weighted by Crippen LogP contribution is 2.00. The van der Waals surface area contributed by atoms with Gasteiger partial charge in [-0.1, -0.05) is 30.3 Å². The Morgan fingerprint density at radius 2 is 1.83 bits per heavy atom. The van der Waals surface area contributed by atoms with Crippen molar-refractivity contribution < 1.29 is 9.59 Å². The average Bonchev–Trinajstić information content (AvgIpc) is 2.40. The van der Waals surface area contributed by atoms with Gasteiger partial charge < -0.3 is 0 Å². The van der Waals surface area contributed by atoms with Crippen LogP contribution in [-0.4, -0.2) is 22.0 Å². The van der Waals surface area contributed by atoms with Gasteiger partial charge in [-0.15, -0.1) is 0 Å². The molecule has 1 heterocycles. The number of rotatable bonds is 3. The summed E-state index contributed by atoms with van der Waals surface area (Å²) < 4.78 is 0. The zero-order valence-electron chi connectivity index (χ0n) is 9.54. The number of carbonyl (C=O) groups is 2. The van der Waals surface area contributed by atoms with Crippen molar-refractivity contribution in [1.82, 2.24) is 15.5 Å². The lowest BCUT2D eigenvalue weighted by Gasteiger charge is -2.03. The van der Waals surface area contributed by atoms with Gasteiger partial charge in [0, 0.05) is 0 Å². The summed E-state index contributed by atoms with van der Waals surface area (Å²) in [6.07, 6.45) is 2.88. The molecule has 2 amide bonds. The molecule has 1 aromatic heterocycles. The van der Waals surface area contributed by atoms with E-state index in [9.17, 15) is 9.59 Å². The molecule has 0 saturated carbocycles. The molecule has 5 heteroatoms. The molecule has 2 aromatic rings. The van der Waals surface area contributed by atoms with Gasteiger partial charge in [-0.2, -0.15) is 10.2 Å². The van der Waals surface area contributed by atoms with E-state index in [1.807, 2.05) is 30.3 Å². The first-order chi connectivity index (χ1) is 8.75. The fraction of sp³-hybridized carbons (Fsp3) is 0.0769. The zero-order valence-corrected chi connectivity index (χ0v) is 9.54. The molecule has 5 nitrogen and oxygen atoms in total. The van der Waals surface area contributed by atoms with Crippen LogP contribution in [0.2, 0.25) is 0 Å². The van der Waals surface area contributed by atoms with Gasteiger partial charge >= 0.3 is 0 Å². The lowest BCUT2D eigenvalue weighted by Crippen LogP contribution is -2.31. The maximum Gasteiger partial charge on any atom is 0.259 e. The highest BCUT2D eigenvalue weighted by atomic mass is 16.2. The second-order valence-electron chi connectivity index (χ2n) is 3.67. The first-order valence-corrected chi connectivity index (χ1v) is 5.40. The summed E-state index contributed by atoms with van der Waals surface area (Å²) in [6.45, 7) is 0. The Bertz CT molecular complexity index is 541. The van der Waals surface area contributed by atoms with E-state index in [0.717, 1.165) is 5.56 Å². The van der Waals surface area contributed by atoms with Crippen molar-refractivity contribution >= 4 is 11.8 Å². The maximum absolute atomic E-state index is 11.6. The third-order valence-electron chi connectivity index (χ3n) is 2.31. The summed E-state index contributed by atoms with van der Waals surface area (Å²) in [5.41, 5.74) is 1.17. The Labute approximate surface area is 104 Å². The van der Waals surface area contributed by atoms with Gasteiger partial charge in [0.1, 0.15) is 0 Å². The second kappa shape index (κ2) is 5.67. The van der Waals surface area contributed by atoms with Crippen LogP contribution in [0, 0.1) is 0 Å². The normalized spacial score (nSPS) is 9.78. The Kier molecular flexibility index (Phi) is 3.76. The molecular weight excluding hydrogens is 230 g/mol. The Hall–Kier alpha value is -2.56. The Morgan fingerprint density at radius 1 is 1.06 bits per heavy atom. The summed E-state index contributed by atoms with van der Waals surface area (Å²) in [4.78, 5) is 23.3. The van der Waals surface area contributed by atoms with Crippen LogP contribution in [-0.2, 0) is 11.2 Å². The topological polar surface area (TPSA) is 72.0 Å². The number of hydrogen-bond acceptors (Lipinski definition) is 4. The molecule has 1 aromatic carbocycles. The second-order valence-corrected chi connectivity index (χ2v) is 3.67. The molecule has 0 aliphatic rings. The summed E-state index contributed by atoms with van der Waals surface area (Å²) in [6, 6.07) is 10.7. The minimum Gasteiger partial charge on any atom is -0.292 e. The molecule has 0 unspecified atom stereocenters. The van der Waals surface area contributed by atoms with Crippen molar-refractivity contribution in [3.63, 3.8) is 0 Å². The third kappa shape index (κ3) is 3.21. The first kappa shape index (κ1) is 11.9. The van der Waals surface area contributed by atoms with Crippen LogP contribution in [0.5, 0.6) is 0 Å². The molecule has 0 spiro atoms. The molecular formula is C13H11N3O2. The van der Waals surface area contributed by atoms with E-state index in [4.69, 9.17) is 0 Å². The van der Waals surface area contributed by atoms with Gasteiger partial charge in [-0.3, -0.25) is 14.9 Å². The largest absolute Gasteiger partial charge is 0.292 e. The number of benzene rings is 1. The van der Waals surface area contributed by atoms with Crippen molar-refractivity contribution in [2.75, 3.05) is 0 Å². The molecule has 2 rings (SSSR count). The summed E-state index contributed by atoms with van der Waals surface area (Å²) in [5, 5.41) is 9.43. The Balaban J connectivity index is 1.94. The van der Waals surface area contributed by atoms with Crippen molar-refractivity contribution in [2.24, 2.45) is 0 Å². The number of nitrogens with one attached hydrogen (secondary N) is 1. The molecule has 0 aliphatic heterocycles. The van der Waals surface area contributed by atoms with E-state index in [1.165, 1.54) is 18.5 Å². The van der Waals surface area contributed by atoms with Gasteiger partial charge in [0.2, 0.25) is 5.91 Å². The van der Waals surface area contributed by atoms with Crippen LogP contribution in [0.1, 0.15) is 15.9 Å². The van der Waals surface area contributed by atoms with E-state index >= 15 is 0 Å². The summed E-state index contributed by atoms with van der Waals surface area (Å²) >= 11 is 0. The van der Waals surface area contributed by atoms with Gasteiger partial charge in [-0.05, 0) is 11.6 Å². The maximum atomic E-state index is 11.6. The standard InChI is InChI=1S/C13H11N3O2/c17-12(8-10-4-2-1-3-5-10)16-13(18)11-6-7-14-15-9-11/h1-7,9H,8H2,(H,16,17,18). The van der Waals surface area contributed by atoms with E-state index in [2.05, 4.69) is 15.5 Å². The monoisotopic (exact) mass is 241 g/mol. The first-order valence-electron chi connectivity index (χ1n) is 5.40. The number of hydrogen-bond donors (Lipinski definition) is 1. The molecule has 0 saturated heterocycles. The number of carbonyl (C=O) groups excluding carboxylic acids is 2. The predicted octanol–water partition coefficient (Wildman–Crippen LogP) is 0.976. The van der Waals surface area contributed by atoms with Crippen LogP contribution in [0.3, 0.4) is 0 Å². The van der Waals surface area contributed by atoms with Gasteiger partial charge in [-0.25, -0.2) is 0 Å². The zero-order chi connectivity index (χ0) is 12.8. The van der Waals surface area contributed by atoms with Crippen molar-refractivity contribution in [2.45, 2.75) is 6.42 Å². The molecule has 1 N–H and O–H groups in total. The lowest BCUT2D eigenvalue weighted by molar-refractivity contribution is -0.119. The van der Waals surface area contributed by atoms with Crippen LogP contribution in [0.15, 0.2) is 48.8 Å². The smallest absolute Gasteiger partial charge is 0.259 e. The highest BCUT2D eigenvalue weighted by Gasteiger charge is 2.10. The lowest BCUT2D eigenvalue weighted by atomic mass is 10.1. The fourth-order valence-electron chi connectivity index (χ4n) is 1.45. The number of aromatic nitrogens is 2. The number of amides is 2. The fourth-order valence-corrected chi connectivity index (χ4v) is 1.45. The molecule has 0 bridgehead atoms. The number of imide groups is 1. The highest BCUT2D eigenvalue weighted by molar-refractivity contribution is 6.04. The molecule has 0 radical (unpaired) electrons. The van der Waals surface area contributed by atoms with Gasteiger partial charge in [0.25, 0.3) is 5.91 Å². The molecule has 90 valence electrons. The van der Waals surface area contributed by atoms with Crippen LogP contribution < -0.4 is 5.32 Å². The molecule has 18 heavy (non-hydrogen) atoms. The van der Waals surface area contributed by atoms with Crippen LogP contribution in [0.4, 0.5) is 0 Å². The van der Waals surface area contributed by atoms with E-state index in [1.54, 1.807) is 0 Å². The van der Waals surface area contributed by atoms with E-state index < -0.39 is 5.91 Å². The summed E-state index contributed by atoms with van der Waals surface area (Å²) in [5.74, 6) is -0.811. The van der Waals surface area contributed by atoms with Gasteiger partial charge in [0.05, 0.1) is 24.4 Å². The van der Waals surface area contributed by atoms with Crippen molar-refractivity contribution in [3.05, 3.63) is 59.9 Å².